The van der Waals surface area contributed by atoms with Gasteiger partial charge in [-0.05, 0) is 0 Å². The summed E-state index contributed by atoms with van der Waals surface area (Å²) >= 11 is 0. The standard InChI is InChI=1S/C7H7F5O3/c1-2-5(13)14-4-7(11,12)15-6(9,10)3-8/h2H,1,3-4H2. The normalized spacial score (nSPS) is 12.3. The zero-order valence-corrected chi connectivity index (χ0v) is 7.31. The predicted molar refractivity (Wildman–Crippen MR) is 38.1 cm³/mol. The van der Waals surface area contributed by atoms with Gasteiger partial charge in [-0.3, -0.25) is 4.74 Å². The lowest BCUT2D eigenvalue weighted by molar-refractivity contribution is -0.384. The molecule has 8 heteroatoms. The van der Waals surface area contributed by atoms with Crippen molar-refractivity contribution in [2.24, 2.45) is 0 Å². The van der Waals surface area contributed by atoms with Crippen LogP contribution in [0.4, 0.5) is 22.0 Å². The van der Waals surface area contributed by atoms with Gasteiger partial charge in [-0.25, -0.2) is 9.18 Å². The van der Waals surface area contributed by atoms with Crippen molar-refractivity contribution in [3.05, 3.63) is 12.7 Å². The van der Waals surface area contributed by atoms with Crippen LogP contribution in [-0.2, 0) is 14.3 Å². The average molecular weight is 234 g/mol. The van der Waals surface area contributed by atoms with Crippen LogP contribution in [0.5, 0.6) is 0 Å². The first-order valence-electron chi connectivity index (χ1n) is 3.53. The molecule has 0 aromatic heterocycles. The molecular formula is C7H7F5O3. The number of carbonyl (C=O) groups excluding carboxylic acids is 1. The SMILES string of the molecule is C=CC(=O)OCC(F)(F)OC(F)(F)CF. The van der Waals surface area contributed by atoms with Crippen molar-refractivity contribution >= 4 is 5.97 Å². The molecule has 0 atom stereocenters. The molecule has 0 aliphatic carbocycles. The van der Waals surface area contributed by atoms with Crippen LogP contribution in [0, 0.1) is 0 Å². The molecule has 0 N–H and O–H groups in total. The van der Waals surface area contributed by atoms with Crippen molar-refractivity contribution in [3.63, 3.8) is 0 Å². The van der Waals surface area contributed by atoms with Crippen LogP contribution in [-0.4, -0.2) is 31.5 Å². The highest BCUT2D eigenvalue weighted by atomic mass is 19.3. The van der Waals surface area contributed by atoms with Crippen molar-refractivity contribution in [2.45, 2.75) is 12.2 Å². The fourth-order valence-electron chi connectivity index (χ4n) is 0.489. The Balaban J connectivity index is 4.18. The molecule has 15 heavy (non-hydrogen) atoms. The molecule has 0 aromatic rings. The zero-order chi connectivity index (χ0) is 12.1. The van der Waals surface area contributed by atoms with E-state index in [1.165, 1.54) is 0 Å². The molecular weight excluding hydrogens is 227 g/mol. The molecule has 3 nitrogen and oxygen atoms in total. The molecule has 88 valence electrons. The van der Waals surface area contributed by atoms with Gasteiger partial charge in [0.15, 0.2) is 13.3 Å². The first-order valence-corrected chi connectivity index (χ1v) is 3.53. The molecule has 0 aliphatic heterocycles. The maximum atomic E-state index is 12.4. The summed E-state index contributed by atoms with van der Waals surface area (Å²) in [5, 5.41) is 0. The lowest BCUT2D eigenvalue weighted by Gasteiger charge is -2.20. The highest BCUT2D eigenvalue weighted by Crippen LogP contribution is 2.27. The second-order valence-corrected chi connectivity index (χ2v) is 2.32. The van der Waals surface area contributed by atoms with Gasteiger partial charge < -0.3 is 4.74 Å². The first kappa shape index (κ1) is 13.8. The van der Waals surface area contributed by atoms with Crippen LogP contribution in [0.2, 0.25) is 0 Å². The number of carbonyl (C=O) groups is 1. The van der Waals surface area contributed by atoms with Crippen LogP contribution in [0.3, 0.4) is 0 Å². The molecule has 0 fully saturated rings. The van der Waals surface area contributed by atoms with Gasteiger partial charge in [-0.15, -0.1) is 0 Å². The lowest BCUT2D eigenvalue weighted by atomic mass is 10.6. The third-order valence-electron chi connectivity index (χ3n) is 1.00. The van der Waals surface area contributed by atoms with Gasteiger partial charge in [0.2, 0.25) is 0 Å². The predicted octanol–water partition coefficient (Wildman–Crippen LogP) is 1.89. The fourth-order valence-corrected chi connectivity index (χ4v) is 0.489. The van der Waals surface area contributed by atoms with Gasteiger partial charge >= 0.3 is 18.2 Å². The summed E-state index contributed by atoms with van der Waals surface area (Å²) in [5.41, 5.74) is 0. The van der Waals surface area contributed by atoms with Gasteiger partial charge in [0.1, 0.15) is 0 Å². The van der Waals surface area contributed by atoms with Gasteiger partial charge in [0.05, 0.1) is 0 Å². The van der Waals surface area contributed by atoms with E-state index in [9.17, 15) is 26.7 Å². The average Bonchev–Trinajstić information content (AvgIpc) is 2.13. The largest absolute Gasteiger partial charge is 0.453 e. The Morgan fingerprint density at radius 3 is 2.20 bits per heavy atom. The Bertz CT molecular complexity index is 241. The number of hydrogen-bond donors (Lipinski definition) is 0. The van der Waals surface area contributed by atoms with Crippen LogP contribution in [0.1, 0.15) is 0 Å². The minimum absolute atomic E-state index is 0.559. The van der Waals surface area contributed by atoms with E-state index in [0.717, 1.165) is 0 Å². The minimum Gasteiger partial charge on any atom is -0.453 e. The summed E-state index contributed by atoms with van der Waals surface area (Å²) < 4.78 is 66.9. The number of ether oxygens (including phenoxy) is 2. The second-order valence-electron chi connectivity index (χ2n) is 2.32. The summed E-state index contributed by atoms with van der Waals surface area (Å²) in [6.45, 7) is -1.26. The summed E-state index contributed by atoms with van der Waals surface area (Å²) in [6, 6.07) is 0. The molecule has 0 aromatic carbocycles. The van der Waals surface area contributed by atoms with E-state index >= 15 is 0 Å². The number of alkyl halides is 5. The van der Waals surface area contributed by atoms with Gasteiger partial charge in [-0.2, -0.15) is 17.6 Å². The van der Waals surface area contributed by atoms with Crippen molar-refractivity contribution in [3.8, 4) is 0 Å². The maximum Gasteiger partial charge on any atom is 0.394 e. The van der Waals surface area contributed by atoms with Gasteiger partial charge in [0.25, 0.3) is 0 Å². The highest BCUT2D eigenvalue weighted by molar-refractivity contribution is 5.81. The molecule has 0 saturated carbocycles. The molecule has 0 saturated heterocycles. The lowest BCUT2D eigenvalue weighted by Crippen LogP contribution is -2.38. The molecule has 0 rings (SSSR count). The Labute approximate surface area is 81.5 Å². The molecule has 0 amide bonds. The van der Waals surface area contributed by atoms with Crippen LogP contribution in [0.25, 0.3) is 0 Å². The van der Waals surface area contributed by atoms with E-state index in [1.807, 2.05) is 0 Å². The smallest absolute Gasteiger partial charge is 0.394 e. The van der Waals surface area contributed by atoms with Crippen LogP contribution in [0.15, 0.2) is 12.7 Å². The summed E-state index contributed by atoms with van der Waals surface area (Å²) in [4.78, 5) is 10.3. The van der Waals surface area contributed by atoms with Crippen LogP contribution >= 0.6 is 0 Å². The Hall–Kier alpha value is -1.18. The fraction of sp³-hybridized carbons (Fsp3) is 0.571. The monoisotopic (exact) mass is 234 g/mol. The Kier molecular flexibility index (Phi) is 4.66. The number of rotatable bonds is 6. The van der Waals surface area contributed by atoms with Gasteiger partial charge in [-0.1, -0.05) is 6.58 Å². The molecule has 0 unspecified atom stereocenters. The minimum atomic E-state index is -4.62. The quantitative estimate of drug-likeness (QED) is 0.400. The van der Waals surface area contributed by atoms with Crippen molar-refractivity contribution in [1.29, 1.82) is 0 Å². The van der Waals surface area contributed by atoms with Gasteiger partial charge in [0, 0.05) is 6.08 Å². The van der Waals surface area contributed by atoms with E-state index in [-0.39, 0.29) is 0 Å². The molecule has 0 spiro atoms. The molecule has 0 aliphatic rings. The highest BCUT2D eigenvalue weighted by Gasteiger charge is 2.45. The first-order chi connectivity index (χ1) is 6.72. The van der Waals surface area contributed by atoms with E-state index in [0.29, 0.717) is 6.08 Å². The van der Waals surface area contributed by atoms with E-state index < -0.39 is 31.5 Å². The third-order valence-corrected chi connectivity index (χ3v) is 1.00. The second kappa shape index (κ2) is 5.06. The Morgan fingerprint density at radius 2 is 1.80 bits per heavy atom. The van der Waals surface area contributed by atoms with Crippen molar-refractivity contribution in [2.75, 3.05) is 13.3 Å². The van der Waals surface area contributed by atoms with E-state index in [4.69, 9.17) is 0 Å². The van der Waals surface area contributed by atoms with Crippen molar-refractivity contribution < 1.29 is 36.2 Å². The van der Waals surface area contributed by atoms with Crippen LogP contribution < -0.4 is 0 Å². The zero-order valence-electron chi connectivity index (χ0n) is 7.31. The molecule has 0 heterocycles. The number of esters is 1. The number of halogens is 5. The Morgan fingerprint density at radius 1 is 1.27 bits per heavy atom. The third kappa shape index (κ3) is 6.00. The van der Waals surface area contributed by atoms with E-state index in [1.54, 1.807) is 0 Å². The number of hydrogen-bond acceptors (Lipinski definition) is 3. The molecule has 0 bridgehead atoms. The van der Waals surface area contributed by atoms with E-state index in [2.05, 4.69) is 16.1 Å². The summed E-state index contributed by atoms with van der Waals surface area (Å²) in [5.74, 6) is -1.23. The maximum absolute atomic E-state index is 12.4. The van der Waals surface area contributed by atoms with Crippen molar-refractivity contribution in [1.82, 2.24) is 0 Å². The summed E-state index contributed by atoms with van der Waals surface area (Å²) in [7, 11) is 0. The summed E-state index contributed by atoms with van der Waals surface area (Å²) in [6.07, 6.45) is -8.53. The topological polar surface area (TPSA) is 35.5 Å². The molecule has 0 radical (unpaired) electrons.